The molecule has 2 aromatic heterocycles. The number of hydrogen-bond donors (Lipinski definition) is 3. The van der Waals surface area contributed by atoms with Crippen LogP contribution in [0.3, 0.4) is 0 Å². The lowest BCUT2D eigenvalue weighted by Gasteiger charge is -2.22. The maximum absolute atomic E-state index is 10.1. The lowest BCUT2D eigenvalue weighted by atomic mass is 10.1. The second kappa shape index (κ2) is 7.95. The Labute approximate surface area is 163 Å². The molecule has 146 valence electrons. The van der Waals surface area contributed by atoms with Gasteiger partial charge in [0.1, 0.15) is 5.75 Å². The largest absolute Gasteiger partial charge is 0.507 e. The van der Waals surface area contributed by atoms with Crippen molar-refractivity contribution in [3.8, 4) is 28.1 Å². The van der Waals surface area contributed by atoms with Gasteiger partial charge in [0.15, 0.2) is 5.82 Å². The van der Waals surface area contributed by atoms with Crippen LogP contribution in [0, 0.1) is 0 Å². The van der Waals surface area contributed by atoms with Crippen molar-refractivity contribution < 1.29 is 9.84 Å². The number of nitrogens with one attached hydrogen (secondary N) is 1. The number of phenolic OH excluding ortho intramolecular Hbond substituents is 1. The first-order valence-electron chi connectivity index (χ1n) is 9.42. The lowest BCUT2D eigenvalue weighted by Crippen LogP contribution is -2.33. The highest BCUT2D eigenvalue weighted by molar-refractivity contribution is 5.78. The number of ether oxygens (including phenoxy) is 1. The Morgan fingerprint density at radius 3 is 3.00 bits per heavy atom. The summed E-state index contributed by atoms with van der Waals surface area (Å²) < 4.78 is 7.85. The lowest BCUT2D eigenvalue weighted by molar-refractivity contribution is 0.0308. The number of rotatable bonds is 4. The molecule has 4 N–H and O–H groups in total. The van der Waals surface area contributed by atoms with Crippen molar-refractivity contribution in [2.24, 2.45) is 0 Å². The number of benzene rings is 1. The van der Waals surface area contributed by atoms with Gasteiger partial charge in [-0.3, -0.25) is 4.68 Å². The molecule has 1 aromatic carbocycles. The fraction of sp³-hybridized carbons (Fsp3) is 0.350. The molecule has 1 saturated heterocycles. The number of para-hydroxylation sites is 1. The maximum Gasteiger partial charge on any atom is 0.154 e. The van der Waals surface area contributed by atoms with Crippen LogP contribution < -0.4 is 11.1 Å². The monoisotopic (exact) mass is 380 g/mol. The molecule has 0 amide bonds. The molecule has 1 aliphatic heterocycles. The van der Waals surface area contributed by atoms with Gasteiger partial charge in [-0.05, 0) is 38.1 Å². The fourth-order valence-corrected chi connectivity index (χ4v) is 3.37. The number of nitrogens with zero attached hydrogens (tertiary/aromatic N) is 4. The predicted octanol–water partition coefficient (Wildman–Crippen LogP) is 2.23. The molecule has 0 aliphatic carbocycles. The molecule has 3 heterocycles. The number of phenols is 1. The van der Waals surface area contributed by atoms with Gasteiger partial charge in [-0.15, -0.1) is 10.2 Å². The van der Waals surface area contributed by atoms with E-state index in [0.29, 0.717) is 17.1 Å². The third-order valence-electron chi connectivity index (χ3n) is 5.05. The molecule has 1 fully saturated rings. The van der Waals surface area contributed by atoms with Crippen molar-refractivity contribution in [2.45, 2.75) is 25.5 Å². The summed E-state index contributed by atoms with van der Waals surface area (Å²) in [7, 11) is 0. The molecule has 2 atom stereocenters. The van der Waals surface area contributed by atoms with Gasteiger partial charge in [-0.25, -0.2) is 0 Å². The van der Waals surface area contributed by atoms with Gasteiger partial charge in [0.05, 0.1) is 24.0 Å². The Bertz CT molecular complexity index is 949. The molecular weight excluding hydrogens is 356 g/mol. The van der Waals surface area contributed by atoms with E-state index in [0.717, 1.165) is 37.2 Å². The van der Waals surface area contributed by atoms with Crippen LogP contribution >= 0.6 is 0 Å². The number of nitrogens with two attached hydrogens (primary N) is 1. The zero-order valence-electron chi connectivity index (χ0n) is 15.7. The summed E-state index contributed by atoms with van der Waals surface area (Å²) in [6.45, 7) is 4.62. The highest BCUT2D eigenvalue weighted by Gasteiger charge is 2.22. The normalized spacial score (nSPS) is 18.5. The van der Waals surface area contributed by atoms with E-state index in [1.807, 2.05) is 23.0 Å². The topological polar surface area (TPSA) is 111 Å². The first-order chi connectivity index (χ1) is 13.6. The molecule has 0 radical (unpaired) electrons. The molecule has 28 heavy (non-hydrogen) atoms. The van der Waals surface area contributed by atoms with Crippen LogP contribution in [0.2, 0.25) is 0 Å². The van der Waals surface area contributed by atoms with E-state index in [9.17, 15) is 5.11 Å². The number of aromatic nitrogens is 4. The van der Waals surface area contributed by atoms with Crippen molar-refractivity contribution in [1.29, 1.82) is 0 Å². The van der Waals surface area contributed by atoms with E-state index >= 15 is 0 Å². The van der Waals surface area contributed by atoms with Gasteiger partial charge in [0.2, 0.25) is 0 Å². The van der Waals surface area contributed by atoms with Crippen molar-refractivity contribution in [3.63, 3.8) is 0 Å². The van der Waals surface area contributed by atoms with Crippen LogP contribution in [-0.4, -0.2) is 50.9 Å². The van der Waals surface area contributed by atoms with E-state index in [4.69, 9.17) is 10.5 Å². The summed E-state index contributed by atoms with van der Waals surface area (Å²) in [5.74, 6) is 0.466. The minimum absolute atomic E-state index is 0.0555. The first kappa shape index (κ1) is 18.4. The summed E-state index contributed by atoms with van der Waals surface area (Å²) in [6, 6.07) is 8.92. The zero-order chi connectivity index (χ0) is 19.5. The van der Waals surface area contributed by atoms with Crippen molar-refractivity contribution >= 4 is 5.82 Å². The highest BCUT2D eigenvalue weighted by atomic mass is 16.5. The van der Waals surface area contributed by atoms with Crippen molar-refractivity contribution in [3.05, 3.63) is 42.7 Å². The molecule has 4 rings (SSSR count). The molecule has 0 bridgehead atoms. The van der Waals surface area contributed by atoms with E-state index < -0.39 is 0 Å². The zero-order valence-corrected chi connectivity index (χ0v) is 15.7. The van der Waals surface area contributed by atoms with Gasteiger partial charge in [-0.2, -0.15) is 5.10 Å². The van der Waals surface area contributed by atoms with Crippen LogP contribution in [0.15, 0.2) is 42.7 Å². The molecule has 0 spiro atoms. The smallest absolute Gasteiger partial charge is 0.154 e. The average molecular weight is 380 g/mol. The molecule has 0 saturated carbocycles. The number of nitrogen functional groups attached to an aromatic ring is 1. The standard InChI is InChI=1S/C20H24N6O2/c1-13(19-11-22-7-4-8-28-19)26-12-14(10-23-26)16-9-17(24-25-20(16)21)15-5-2-3-6-18(15)27/h2-3,5-6,9-10,12-13,19,22,27H,4,7-8,11H2,1H3,(H2,21,25)/t13?,19-/m1/s1. The molecule has 1 unspecified atom stereocenters. The third kappa shape index (κ3) is 3.69. The Kier molecular flexibility index (Phi) is 5.23. The second-order valence-corrected chi connectivity index (χ2v) is 6.96. The number of hydrogen-bond acceptors (Lipinski definition) is 7. The Morgan fingerprint density at radius 1 is 1.29 bits per heavy atom. The molecular formula is C20H24N6O2. The van der Waals surface area contributed by atoms with Gasteiger partial charge < -0.3 is 20.9 Å². The molecule has 8 nitrogen and oxygen atoms in total. The van der Waals surface area contributed by atoms with Gasteiger partial charge >= 0.3 is 0 Å². The summed E-state index contributed by atoms with van der Waals surface area (Å²) in [4.78, 5) is 0. The quantitative estimate of drug-likeness (QED) is 0.636. The van der Waals surface area contributed by atoms with Crippen LogP contribution in [0.25, 0.3) is 22.4 Å². The molecule has 1 aliphatic rings. The van der Waals surface area contributed by atoms with Crippen molar-refractivity contribution in [1.82, 2.24) is 25.3 Å². The Balaban J connectivity index is 1.63. The SMILES string of the molecule is CC([C@H]1CNCCCO1)n1cc(-c2cc(-c3ccccc3O)nnc2N)cn1. The molecule has 8 heteroatoms. The average Bonchev–Trinajstić information content (AvgIpc) is 3.03. The van der Waals surface area contributed by atoms with Crippen molar-refractivity contribution in [2.75, 3.05) is 25.4 Å². The van der Waals surface area contributed by atoms with E-state index in [-0.39, 0.29) is 17.9 Å². The summed E-state index contributed by atoms with van der Waals surface area (Å²) in [6.07, 6.45) is 4.78. The highest BCUT2D eigenvalue weighted by Crippen LogP contribution is 2.32. The van der Waals surface area contributed by atoms with E-state index in [2.05, 4.69) is 27.5 Å². The summed E-state index contributed by atoms with van der Waals surface area (Å²) >= 11 is 0. The van der Waals surface area contributed by atoms with Gasteiger partial charge in [0, 0.05) is 36.0 Å². The minimum Gasteiger partial charge on any atom is -0.507 e. The Morgan fingerprint density at radius 2 is 2.14 bits per heavy atom. The van der Waals surface area contributed by atoms with Crippen LogP contribution in [0.1, 0.15) is 19.4 Å². The Hall–Kier alpha value is -2.97. The number of aromatic hydroxyl groups is 1. The maximum atomic E-state index is 10.1. The second-order valence-electron chi connectivity index (χ2n) is 6.96. The summed E-state index contributed by atoms with van der Waals surface area (Å²) in [5.41, 5.74) is 8.81. The first-order valence-corrected chi connectivity index (χ1v) is 9.42. The third-order valence-corrected chi connectivity index (χ3v) is 5.05. The summed E-state index contributed by atoms with van der Waals surface area (Å²) in [5, 5.41) is 26.2. The number of anilines is 1. The van der Waals surface area contributed by atoms with E-state index in [1.165, 1.54) is 0 Å². The fourth-order valence-electron chi connectivity index (χ4n) is 3.37. The van der Waals surface area contributed by atoms with E-state index in [1.54, 1.807) is 24.4 Å². The van der Waals surface area contributed by atoms with Gasteiger partial charge in [0.25, 0.3) is 0 Å². The van der Waals surface area contributed by atoms with Crippen LogP contribution in [-0.2, 0) is 4.74 Å². The van der Waals surface area contributed by atoms with Crippen LogP contribution in [0.4, 0.5) is 5.82 Å². The predicted molar refractivity (Wildman–Crippen MR) is 107 cm³/mol. The molecule has 3 aromatic rings. The van der Waals surface area contributed by atoms with Crippen LogP contribution in [0.5, 0.6) is 5.75 Å². The van der Waals surface area contributed by atoms with Gasteiger partial charge in [-0.1, -0.05) is 12.1 Å². The minimum atomic E-state index is 0.0555.